The molecular weight excluding hydrogens is 304 g/mol. The molecule has 1 saturated heterocycles. The fourth-order valence-corrected chi connectivity index (χ4v) is 2.67. The Bertz CT molecular complexity index is 612. The number of hydrogen-bond acceptors (Lipinski definition) is 8. The lowest BCUT2D eigenvalue weighted by atomic mass is 10.2. The summed E-state index contributed by atoms with van der Waals surface area (Å²) in [6, 6.07) is 1.83. The standard InChI is InChI=1S/C16H24N8/c1-2-3-4-6-17-14-13-20-22-16(21-14)24-11-9-23(10-12-24)15-18-7-5-8-19-15/h5,7-8,13H,2-4,6,9-12H2,1H3,(H,17,21,22). The second-order valence-corrected chi connectivity index (χ2v) is 5.80. The zero-order valence-electron chi connectivity index (χ0n) is 14.1. The summed E-state index contributed by atoms with van der Waals surface area (Å²) in [6.45, 7) is 6.48. The van der Waals surface area contributed by atoms with Crippen molar-refractivity contribution >= 4 is 17.7 Å². The number of piperazine rings is 1. The van der Waals surface area contributed by atoms with Crippen molar-refractivity contribution in [3.05, 3.63) is 24.7 Å². The highest BCUT2D eigenvalue weighted by Crippen LogP contribution is 2.15. The Morgan fingerprint density at radius 1 is 1.00 bits per heavy atom. The topological polar surface area (TPSA) is 83.0 Å². The maximum atomic E-state index is 4.58. The molecule has 0 bridgehead atoms. The average molecular weight is 328 g/mol. The summed E-state index contributed by atoms with van der Waals surface area (Å²) in [5.74, 6) is 2.26. The molecule has 0 aliphatic carbocycles. The first kappa shape index (κ1) is 16.4. The number of aromatic nitrogens is 5. The molecule has 128 valence electrons. The van der Waals surface area contributed by atoms with Crippen molar-refractivity contribution in [1.82, 2.24) is 25.1 Å². The minimum Gasteiger partial charge on any atom is -0.369 e. The molecule has 0 radical (unpaired) electrons. The van der Waals surface area contributed by atoms with Crippen LogP contribution in [-0.2, 0) is 0 Å². The van der Waals surface area contributed by atoms with E-state index >= 15 is 0 Å². The van der Waals surface area contributed by atoms with E-state index in [1.807, 2.05) is 6.07 Å². The Balaban J connectivity index is 1.54. The minimum atomic E-state index is 0.684. The smallest absolute Gasteiger partial charge is 0.247 e. The van der Waals surface area contributed by atoms with Gasteiger partial charge in [0.05, 0.1) is 6.20 Å². The Morgan fingerprint density at radius 2 is 1.71 bits per heavy atom. The van der Waals surface area contributed by atoms with E-state index in [-0.39, 0.29) is 0 Å². The molecule has 24 heavy (non-hydrogen) atoms. The van der Waals surface area contributed by atoms with Gasteiger partial charge in [-0.2, -0.15) is 10.1 Å². The monoisotopic (exact) mass is 328 g/mol. The van der Waals surface area contributed by atoms with Crippen LogP contribution in [0.15, 0.2) is 24.7 Å². The third-order valence-electron chi connectivity index (χ3n) is 4.03. The van der Waals surface area contributed by atoms with Crippen LogP contribution in [0.25, 0.3) is 0 Å². The molecule has 0 atom stereocenters. The van der Waals surface area contributed by atoms with Gasteiger partial charge in [-0.3, -0.25) is 0 Å². The number of hydrogen-bond donors (Lipinski definition) is 1. The Hall–Kier alpha value is -2.51. The molecule has 2 aromatic heterocycles. The highest BCUT2D eigenvalue weighted by atomic mass is 15.4. The van der Waals surface area contributed by atoms with Gasteiger partial charge in [0, 0.05) is 45.1 Å². The summed E-state index contributed by atoms with van der Waals surface area (Å²) in [7, 11) is 0. The molecular formula is C16H24N8. The van der Waals surface area contributed by atoms with Crippen molar-refractivity contribution in [3.63, 3.8) is 0 Å². The van der Waals surface area contributed by atoms with Gasteiger partial charge in [-0.15, -0.1) is 5.10 Å². The van der Waals surface area contributed by atoms with Crippen LogP contribution in [-0.4, -0.2) is 57.9 Å². The van der Waals surface area contributed by atoms with Crippen molar-refractivity contribution in [2.24, 2.45) is 0 Å². The minimum absolute atomic E-state index is 0.684. The van der Waals surface area contributed by atoms with Crippen molar-refractivity contribution in [2.75, 3.05) is 47.8 Å². The summed E-state index contributed by atoms with van der Waals surface area (Å²) in [6.07, 6.45) is 8.81. The lowest BCUT2D eigenvalue weighted by molar-refractivity contribution is 0.623. The summed E-state index contributed by atoms with van der Waals surface area (Å²) in [5, 5.41) is 11.6. The van der Waals surface area contributed by atoms with Crippen LogP contribution in [0.4, 0.5) is 17.7 Å². The normalized spacial score (nSPS) is 14.7. The van der Waals surface area contributed by atoms with E-state index in [1.165, 1.54) is 12.8 Å². The predicted octanol–water partition coefficient (Wildman–Crippen LogP) is 1.59. The van der Waals surface area contributed by atoms with Crippen LogP contribution < -0.4 is 15.1 Å². The van der Waals surface area contributed by atoms with Gasteiger partial charge in [0.25, 0.3) is 0 Å². The molecule has 0 unspecified atom stereocenters. The van der Waals surface area contributed by atoms with Crippen molar-refractivity contribution in [3.8, 4) is 0 Å². The van der Waals surface area contributed by atoms with Gasteiger partial charge in [-0.1, -0.05) is 19.8 Å². The van der Waals surface area contributed by atoms with Crippen LogP contribution in [0.2, 0.25) is 0 Å². The SMILES string of the molecule is CCCCCNc1cnnc(N2CCN(c3ncccn3)CC2)n1. The van der Waals surface area contributed by atoms with Crippen LogP contribution in [0.3, 0.4) is 0 Å². The van der Waals surface area contributed by atoms with Crippen molar-refractivity contribution in [1.29, 1.82) is 0 Å². The Kier molecular flexibility index (Phi) is 5.70. The Morgan fingerprint density at radius 3 is 2.42 bits per heavy atom. The lowest BCUT2D eigenvalue weighted by Gasteiger charge is -2.34. The molecule has 1 aliphatic rings. The zero-order valence-corrected chi connectivity index (χ0v) is 14.1. The molecule has 1 N–H and O–H groups in total. The third kappa shape index (κ3) is 4.27. The molecule has 8 heteroatoms. The quantitative estimate of drug-likeness (QED) is 0.767. The van der Waals surface area contributed by atoms with E-state index in [0.29, 0.717) is 5.95 Å². The van der Waals surface area contributed by atoms with E-state index in [0.717, 1.165) is 50.9 Å². The second kappa shape index (κ2) is 8.37. The highest BCUT2D eigenvalue weighted by Gasteiger charge is 2.21. The highest BCUT2D eigenvalue weighted by molar-refractivity contribution is 5.41. The average Bonchev–Trinajstić information content (AvgIpc) is 2.66. The van der Waals surface area contributed by atoms with Crippen LogP contribution in [0.5, 0.6) is 0 Å². The Labute approximate surface area is 142 Å². The fourth-order valence-electron chi connectivity index (χ4n) is 2.67. The van der Waals surface area contributed by atoms with Crippen LogP contribution in [0, 0.1) is 0 Å². The van der Waals surface area contributed by atoms with Gasteiger partial charge < -0.3 is 15.1 Å². The lowest BCUT2D eigenvalue weighted by Crippen LogP contribution is -2.47. The molecule has 1 aliphatic heterocycles. The maximum Gasteiger partial charge on any atom is 0.247 e. The summed E-state index contributed by atoms with van der Waals surface area (Å²) in [5.41, 5.74) is 0. The fraction of sp³-hybridized carbons (Fsp3) is 0.562. The maximum absolute atomic E-state index is 4.58. The van der Waals surface area contributed by atoms with Crippen molar-refractivity contribution in [2.45, 2.75) is 26.2 Å². The van der Waals surface area contributed by atoms with Gasteiger partial charge in [0.2, 0.25) is 11.9 Å². The molecule has 0 amide bonds. The number of anilines is 3. The summed E-state index contributed by atoms with van der Waals surface area (Å²) < 4.78 is 0. The van der Waals surface area contributed by atoms with Gasteiger partial charge in [0.15, 0.2) is 5.82 Å². The third-order valence-corrected chi connectivity index (χ3v) is 4.03. The first-order valence-electron chi connectivity index (χ1n) is 8.57. The van der Waals surface area contributed by atoms with E-state index in [2.05, 4.69) is 47.2 Å². The number of unbranched alkanes of at least 4 members (excludes halogenated alkanes) is 2. The first-order valence-corrected chi connectivity index (χ1v) is 8.57. The molecule has 1 fully saturated rings. The molecule has 0 spiro atoms. The zero-order chi connectivity index (χ0) is 16.6. The molecule has 8 nitrogen and oxygen atoms in total. The van der Waals surface area contributed by atoms with Gasteiger partial charge in [-0.05, 0) is 12.5 Å². The molecule has 2 aromatic rings. The van der Waals surface area contributed by atoms with Gasteiger partial charge in [0.1, 0.15) is 0 Å². The van der Waals surface area contributed by atoms with Crippen LogP contribution >= 0.6 is 0 Å². The predicted molar refractivity (Wildman–Crippen MR) is 94.3 cm³/mol. The van der Waals surface area contributed by atoms with E-state index < -0.39 is 0 Å². The number of nitrogens with zero attached hydrogens (tertiary/aromatic N) is 7. The second-order valence-electron chi connectivity index (χ2n) is 5.80. The summed E-state index contributed by atoms with van der Waals surface area (Å²) in [4.78, 5) is 17.5. The first-order chi connectivity index (χ1) is 11.9. The largest absolute Gasteiger partial charge is 0.369 e. The van der Waals surface area contributed by atoms with E-state index in [4.69, 9.17) is 0 Å². The van der Waals surface area contributed by atoms with Crippen molar-refractivity contribution < 1.29 is 0 Å². The molecule has 3 heterocycles. The summed E-state index contributed by atoms with van der Waals surface area (Å²) >= 11 is 0. The number of rotatable bonds is 7. The molecule has 0 saturated carbocycles. The molecule has 0 aromatic carbocycles. The van der Waals surface area contributed by atoms with Gasteiger partial charge in [-0.25, -0.2) is 9.97 Å². The van der Waals surface area contributed by atoms with Crippen LogP contribution in [0.1, 0.15) is 26.2 Å². The van der Waals surface area contributed by atoms with Gasteiger partial charge >= 0.3 is 0 Å². The van der Waals surface area contributed by atoms with E-state index in [9.17, 15) is 0 Å². The van der Waals surface area contributed by atoms with E-state index in [1.54, 1.807) is 18.6 Å². The number of nitrogens with one attached hydrogen (secondary N) is 1. The molecule has 3 rings (SSSR count).